The molecule has 3 N–H and O–H groups in total. The summed E-state index contributed by atoms with van der Waals surface area (Å²) < 4.78 is 0.768. The Labute approximate surface area is 131 Å². The van der Waals surface area contributed by atoms with Crippen LogP contribution in [0.3, 0.4) is 0 Å². The van der Waals surface area contributed by atoms with Crippen molar-refractivity contribution in [3.63, 3.8) is 0 Å². The molecule has 0 aliphatic heterocycles. The van der Waals surface area contributed by atoms with Gasteiger partial charge < -0.3 is 11.1 Å². The van der Waals surface area contributed by atoms with Crippen molar-refractivity contribution in [2.45, 2.75) is 13.1 Å². The number of rotatable bonds is 4. The summed E-state index contributed by atoms with van der Waals surface area (Å²) in [6, 6.07) is 12.9. The molecule has 0 fully saturated rings. The Hall–Kier alpha value is -1.36. The highest BCUT2D eigenvalue weighted by molar-refractivity contribution is 9.10. The first-order valence-electron chi connectivity index (χ1n) is 6.12. The largest absolute Gasteiger partial charge is 0.348 e. The Morgan fingerprint density at radius 3 is 2.55 bits per heavy atom. The summed E-state index contributed by atoms with van der Waals surface area (Å²) in [5.74, 6) is -0.161. The zero-order valence-corrected chi connectivity index (χ0v) is 13.0. The van der Waals surface area contributed by atoms with E-state index in [1.165, 1.54) is 0 Å². The Morgan fingerprint density at radius 1 is 1.20 bits per heavy atom. The number of nitrogens with one attached hydrogen (secondary N) is 1. The fourth-order valence-corrected chi connectivity index (χ4v) is 2.27. The number of nitrogens with two attached hydrogens (primary N) is 1. The van der Waals surface area contributed by atoms with Gasteiger partial charge in [-0.3, -0.25) is 4.79 Å². The molecule has 0 spiro atoms. The molecule has 0 heterocycles. The predicted molar refractivity (Wildman–Crippen MR) is 84.7 cm³/mol. The van der Waals surface area contributed by atoms with E-state index in [1.54, 1.807) is 18.2 Å². The van der Waals surface area contributed by atoms with Gasteiger partial charge in [0.1, 0.15) is 0 Å². The molecular formula is C15H14BrClN2O. The Bertz CT molecular complexity index is 631. The van der Waals surface area contributed by atoms with Crippen LogP contribution in [0, 0.1) is 0 Å². The van der Waals surface area contributed by atoms with Crippen LogP contribution in [0.25, 0.3) is 0 Å². The van der Waals surface area contributed by atoms with E-state index < -0.39 is 0 Å². The quantitative estimate of drug-likeness (QED) is 0.884. The van der Waals surface area contributed by atoms with Crippen LogP contribution < -0.4 is 11.1 Å². The maximum atomic E-state index is 12.1. The van der Waals surface area contributed by atoms with Gasteiger partial charge >= 0.3 is 0 Å². The summed E-state index contributed by atoms with van der Waals surface area (Å²) in [6.07, 6.45) is 0. The average Bonchev–Trinajstić information content (AvgIpc) is 2.47. The van der Waals surface area contributed by atoms with E-state index in [2.05, 4.69) is 21.2 Å². The maximum absolute atomic E-state index is 12.1. The molecule has 0 aliphatic rings. The zero-order chi connectivity index (χ0) is 14.5. The standard InChI is InChI=1S/C15H14BrClN2O/c16-13-6-5-10(7-14(13)17)15(20)19-9-12-4-2-1-3-11(12)8-18/h1-7H,8-9,18H2,(H,19,20). The first-order valence-corrected chi connectivity index (χ1v) is 7.29. The second kappa shape index (κ2) is 6.88. The molecule has 0 atom stereocenters. The normalized spacial score (nSPS) is 10.3. The molecule has 2 aromatic carbocycles. The number of halogens is 2. The first kappa shape index (κ1) is 15.0. The second-order valence-electron chi connectivity index (χ2n) is 4.28. The van der Waals surface area contributed by atoms with Crippen LogP contribution in [0.5, 0.6) is 0 Å². The van der Waals surface area contributed by atoms with Crippen molar-refractivity contribution < 1.29 is 4.79 Å². The molecule has 0 unspecified atom stereocenters. The molecule has 0 radical (unpaired) electrons. The lowest BCUT2D eigenvalue weighted by Gasteiger charge is -2.09. The van der Waals surface area contributed by atoms with Gasteiger partial charge in [-0.25, -0.2) is 0 Å². The van der Waals surface area contributed by atoms with Gasteiger partial charge in [-0.1, -0.05) is 35.9 Å². The van der Waals surface area contributed by atoms with Crippen LogP contribution in [0.4, 0.5) is 0 Å². The van der Waals surface area contributed by atoms with Gasteiger partial charge in [0.25, 0.3) is 5.91 Å². The van der Waals surface area contributed by atoms with Crippen molar-refractivity contribution in [2.75, 3.05) is 0 Å². The van der Waals surface area contributed by atoms with Crippen molar-refractivity contribution in [1.82, 2.24) is 5.32 Å². The summed E-state index contributed by atoms with van der Waals surface area (Å²) in [6.45, 7) is 0.899. The lowest BCUT2D eigenvalue weighted by molar-refractivity contribution is 0.0951. The summed E-state index contributed by atoms with van der Waals surface area (Å²) in [4.78, 5) is 12.1. The molecule has 104 valence electrons. The third kappa shape index (κ3) is 3.60. The fourth-order valence-electron chi connectivity index (χ4n) is 1.84. The van der Waals surface area contributed by atoms with Crippen LogP contribution in [-0.4, -0.2) is 5.91 Å². The Balaban J connectivity index is 2.06. The van der Waals surface area contributed by atoms with E-state index >= 15 is 0 Å². The van der Waals surface area contributed by atoms with Crippen LogP contribution in [0.1, 0.15) is 21.5 Å². The number of carbonyl (C=O) groups excluding carboxylic acids is 1. The van der Waals surface area contributed by atoms with Crippen LogP contribution in [0.2, 0.25) is 5.02 Å². The van der Waals surface area contributed by atoms with Gasteiger partial charge in [0.2, 0.25) is 0 Å². The van der Waals surface area contributed by atoms with E-state index in [0.717, 1.165) is 15.6 Å². The van der Waals surface area contributed by atoms with Crippen molar-refractivity contribution >= 4 is 33.4 Å². The van der Waals surface area contributed by atoms with Crippen molar-refractivity contribution in [3.8, 4) is 0 Å². The highest BCUT2D eigenvalue weighted by atomic mass is 79.9. The summed E-state index contributed by atoms with van der Waals surface area (Å²) >= 11 is 9.27. The van der Waals surface area contributed by atoms with Crippen molar-refractivity contribution in [3.05, 3.63) is 68.7 Å². The van der Waals surface area contributed by atoms with Gasteiger partial charge in [0.15, 0.2) is 0 Å². The number of benzene rings is 2. The molecule has 2 rings (SSSR count). The molecule has 0 aliphatic carbocycles. The summed E-state index contributed by atoms with van der Waals surface area (Å²) in [5.41, 5.74) is 8.25. The minimum Gasteiger partial charge on any atom is -0.348 e. The molecule has 0 saturated heterocycles. The van der Waals surface area contributed by atoms with Crippen LogP contribution >= 0.6 is 27.5 Å². The van der Waals surface area contributed by atoms with Gasteiger partial charge in [-0.05, 0) is 45.3 Å². The average molecular weight is 354 g/mol. The lowest BCUT2D eigenvalue weighted by atomic mass is 10.1. The lowest BCUT2D eigenvalue weighted by Crippen LogP contribution is -2.23. The van der Waals surface area contributed by atoms with E-state index in [4.69, 9.17) is 17.3 Å². The van der Waals surface area contributed by atoms with Gasteiger partial charge in [-0.2, -0.15) is 0 Å². The number of carbonyl (C=O) groups is 1. The van der Waals surface area contributed by atoms with E-state index in [-0.39, 0.29) is 5.91 Å². The van der Waals surface area contributed by atoms with Crippen molar-refractivity contribution in [2.24, 2.45) is 5.73 Å². The highest BCUT2D eigenvalue weighted by Gasteiger charge is 2.08. The number of hydrogen-bond acceptors (Lipinski definition) is 2. The molecule has 0 bridgehead atoms. The fraction of sp³-hybridized carbons (Fsp3) is 0.133. The number of hydrogen-bond donors (Lipinski definition) is 2. The molecule has 20 heavy (non-hydrogen) atoms. The van der Waals surface area contributed by atoms with Crippen LogP contribution in [0.15, 0.2) is 46.9 Å². The molecule has 0 saturated carbocycles. The monoisotopic (exact) mass is 352 g/mol. The zero-order valence-electron chi connectivity index (χ0n) is 10.7. The first-order chi connectivity index (χ1) is 9.61. The third-order valence-corrected chi connectivity index (χ3v) is 4.19. The highest BCUT2D eigenvalue weighted by Crippen LogP contribution is 2.23. The van der Waals surface area contributed by atoms with Crippen molar-refractivity contribution in [1.29, 1.82) is 0 Å². The van der Waals surface area contributed by atoms with Crippen LogP contribution in [-0.2, 0) is 13.1 Å². The molecule has 3 nitrogen and oxygen atoms in total. The Morgan fingerprint density at radius 2 is 1.90 bits per heavy atom. The van der Waals surface area contributed by atoms with Gasteiger partial charge in [0, 0.05) is 23.1 Å². The van der Waals surface area contributed by atoms with Gasteiger partial charge in [0.05, 0.1) is 5.02 Å². The summed E-state index contributed by atoms with van der Waals surface area (Å²) in [7, 11) is 0. The predicted octanol–water partition coefficient (Wildman–Crippen LogP) is 3.49. The van der Waals surface area contributed by atoms with E-state index in [0.29, 0.717) is 23.7 Å². The van der Waals surface area contributed by atoms with E-state index in [9.17, 15) is 4.79 Å². The maximum Gasteiger partial charge on any atom is 0.251 e. The minimum absolute atomic E-state index is 0.161. The number of amides is 1. The van der Waals surface area contributed by atoms with E-state index in [1.807, 2.05) is 24.3 Å². The smallest absolute Gasteiger partial charge is 0.251 e. The minimum atomic E-state index is -0.161. The molecular weight excluding hydrogens is 340 g/mol. The Kier molecular flexibility index (Phi) is 5.17. The molecule has 2 aromatic rings. The SMILES string of the molecule is NCc1ccccc1CNC(=O)c1ccc(Br)c(Cl)c1. The molecule has 1 amide bonds. The second-order valence-corrected chi connectivity index (χ2v) is 5.55. The third-order valence-electron chi connectivity index (χ3n) is 2.96. The topological polar surface area (TPSA) is 55.1 Å². The van der Waals surface area contributed by atoms with Gasteiger partial charge in [-0.15, -0.1) is 0 Å². The summed E-state index contributed by atoms with van der Waals surface area (Å²) in [5, 5.41) is 3.38. The molecule has 0 aromatic heterocycles. The molecule has 5 heteroatoms.